The molecule has 2 heterocycles. The maximum Gasteiger partial charge on any atom is 0.251 e. The Balaban J connectivity index is 1.49. The van der Waals surface area contributed by atoms with Gasteiger partial charge in [0.25, 0.3) is 5.91 Å². The van der Waals surface area contributed by atoms with Crippen LogP contribution in [0.1, 0.15) is 23.2 Å². The summed E-state index contributed by atoms with van der Waals surface area (Å²) in [6.45, 7) is 0.640. The van der Waals surface area contributed by atoms with Crippen molar-refractivity contribution in [2.45, 2.75) is 13.0 Å². The summed E-state index contributed by atoms with van der Waals surface area (Å²) in [5.41, 5.74) is 3.88. The number of nitriles is 1. The average molecular weight is 434 g/mol. The van der Waals surface area contributed by atoms with Crippen LogP contribution in [0.25, 0.3) is 22.6 Å². The van der Waals surface area contributed by atoms with E-state index in [0.29, 0.717) is 24.5 Å². The lowest BCUT2D eigenvalue weighted by Gasteiger charge is -2.11. The van der Waals surface area contributed by atoms with E-state index in [9.17, 15) is 4.79 Å². The van der Waals surface area contributed by atoms with E-state index < -0.39 is 0 Å². The standard InChI is InChI=1S/C27H22N4O2/c28-14-3-15-30-27(32)25(18-20-12-16-29-17-13-20)21-7-10-24(11-8-21)33-19-23-9-6-22-4-1-2-5-26(22)31-23/h1-2,4-13,16-18H,3,15,19H2,(H,30,32). The molecular weight excluding hydrogens is 412 g/mol. The maximum atomic E-state index is 12.8. The molecule has 0 bridgehead atoms. The van der Waals surface area contributed by atoms with Crippen molar-refractivity contribution in [3.63, 3.8) is 0 Å². The number of hydrogen-bond donors (Lipinski definition) is 1. The molecule has 0 aliphatic heterocycles. The molecule has 4 aromatic rings. The number of nitrogens with zero attached hydrogens (tertiary/aromatic N) is 3. The molecule has 0 atom stereocenters. The largest absolute Gasteiger partial charge is 0.487 e. The van der Waals surface area contributed by atoms with E-state index in [1.807, 2.05) is 78.9 Å². The second-order valence-corrected chi connectivity index (χ2v) is 7.31. The number of rotatable bonds is 8. The second-order valence-electron chi connectivity index (χ2n) is 7.31. The topological polar surface area (TPSA) is 87.9 Å². The van der Waals surface area contributed by atoms with Gasteiger partial charge in [-0.05, 0) is 53.6 Å². The molecule has 1 N–H and O–H groups in total. The predicted molar refractivity (Wildman–Crippen MR) is 128 cm³/mol. The first kappa shape index (κ1) is 21.7. The SMILES string of the molecule is N#CCCNC(=O)C(=Cc1ccncc1)c1ccc(OCc2ccc3ccccc3n2)cc1. The van der Waals surface area contributed by atoms with Crippen molar-refractivity contribution in [1.29, 1.82) is 5.26 Å². The summed E-state index contributed by atoms with van der Waals surface area (Å²) in [4.78, 5) is 21.4. The minimum absolute atomic E-state index is 0.240. The Hall–Kier alpha value is -4.50. The molecule has 0 fully saturated rings. The highest BCUT2D eigenvalue weighted by atomic mass is 16.5. The summed E-state index contributed by atoms with van der Waals surface area (Å²) < 4.78 is 5.91. The summed E-state index contributed by atoms with van der Waals surface area (Å²) in [7, 11) is 0. The van der Waals surface area contributed by atoms with Crippen LogP contribution in [0.2, 0.25) is 0 Å². The third-order valence-electron chi connectivity index (χ3n) is 4.99. The molecule has 0 aliphatic rings. The van der Waals surface area contributed by atoms with Crippen LogP contribution < -0.4 is 10.1 Å². The first-order valence-corrected chi connectivity index (χ1v) is 10.6. The molecule has 6 nitrogen and oxygen atoms in total. The van der Waals surface area contributed by atoms with E-state index in [0.717, 1.165) is 27.7 Å². The normalized spacial score (nSPS) is 11.1. The van der Waals surface area contributed by atoms with Gasteiger partial charge in [-0.25, -0.2) is 4.98 Å². The van der Waals surface area contributed by atoms with Gasteiger partial charge in [-0.1, -0.05) is 36.4 Å². The highest BCUT2D eigenvalue weighted by Gasteiger charge is 2.12. The number of benzene rings is 2. The Kier molecular flexibility index (Phi) is 7.04. The lowest BCUT2D eigenvalue weighted by Crippen LogP contribution is -2.25. The fourth-order valence-corrected chi connectivity index (χ4v) is 3.31. The number of nitrogens with one attached hydrogen (secondary N) is 1. The number of aromatic nitrogens is 2. The molecule has 2 aromatic heterocycles. The number of pyridine rings is 2. The molecule has 6 heteroatoms. The second kappa shape index (κ2) is 10.7. The third kappa shape index (κ3) is 5.81. The van der Waals surface area contributed by atoms with Gasteiger partial charge >= 0.3 is 0 Å². The molecule has 2 aromatic carbocycles. The number of ether oxygens (including phenoxy) is 1. The Labute approximate surface area is 192 Å². The lowest BCUT2D eigenvalue weighted by molar-refractivity contribution is -0.115. The van der Waals surface area contributed by atoms with Crippen LogP contribution in [0, 0.1) is 11.3 Å². The highest BCUT2D eigenvalue weighted by molar-refractivity contribution is 6.24. The number of hydrogen-bond acceptors (Lipinski definition) is 5. The Morgan fingerprint density at radius 2 is 1.79 bits per heavy atom. The zero-order chi connectivity index (χ0) is 22.9. The first-order valence-electron chi connectivity index (χ1n) is 10.6. The van der Waals surface area contributed by atoms with Gasteiger partial charge in [0.2, 0.25) is 0 Å². The van der Waals surface area contributed by atoms with Crippen LogP contribution >= 0.6 is 0 Å². The van der Waals surface area contributed by atoms with Crippen molar-refractivity contribution in [3.05, 3.63) is 102 Å². The fourth-order valence-electron chi connectivity index (χ4n) is 3.31. The quantitative estimate of drug-likeness (QED) is 0.319. The first-order chi connectivity index (χ1) is 16.2. The van der Waals surface area contributed by atoms with Gasteiger partial charge in [0.15, 0.2) is 0 Å². The van der Waals surface area contributed by atoms with Crippen molar-refractivity contribution in [3.8, 4) is 11.8 Å². The van der Waals surface area contributed by atoms with Crippen LogP contribution in [0.4, 0.5) is 0 Å². The van der Waals surface area contributed by atoms with Crippen LogP contribution in [-0.2, 0) is 11.4 Å². The number of para-hydroxylation sites is 1. The van der Waals surface area contributed by atoms with Gasteiger partial charge in [0.05, 0.1) is 23.7 Å². The molecule has 0 radical (unpaired) electrons. The number of fused-ring (bicyclic) bond motifs is 1. The minimum Gasteiger partial charge on any atom is -0.487 e. The van der Waals surface area contributed by atoms with E-state index in [2.05, 4.69) is 15.3 Å². The van der Waals surface area contributed by atoms with E-state index in [1.54, 1.807) is 18.5 Å². The predicted octanol–water partition coefficient (Wildman–Crippen LogP) is 4.78. The molecular formula is C27H22N4O2. The Bertz CT molecular complexity index is 1310. The smallest absolute Gasteiger partial charge is 0.251 e. The summed E-state index contributed by atoms with van der Waals surface area (Å²) >= 11 is 0. The van der Waals surface area contributed by atoms with Crippen molar-refractivity contribution < 1.29 is 9.53 Å². The summed E-state index contributed by atoms with van der Waals surface area (Å²) in [5.74, 6) is 0.443. The van der Waals surface area contributed by atoms with Gasteiger partial charge in [-0.3, -0.25) is 9.78 Å². The van der Waals surface area contributed by atoms with Crippen molar-refractivity contribution in [2.24, 2.45) is 0 Å². The zero-order valence-corrected chi connectivity index (χ0v) is 17.9. The van der Waals surface area contributed by atoms with Gasteiger partial charge in [-0.15, -0.1) is 0 Å². The van der Waals surface area contributed by atoms with Crippen LogP contribution in [-0.4, -0.2) is 22.4 Å². The summed E-state index contributed by atoms with van der Waals surface area (Å²) in [6.07, 6.45) is 5.41. The van der Waals surface area contributed by atoms with Crippen LogP contribution in [0.15, 0.2) is 85.2 Å². The molecule has 0 saturated carbocycles. The monoisotopic (exact) mass is 434 g/mol. The molecule has 162 valence electrons. The molecule has 0 aliphatic carbocycles. The Morgan fingerprint density at radius 1 is 1.00 bits per heavy atom. The fraction of sp³-hybridized carbons (Fsp3) is 0.111. The van der Waals surface area contributed by atoms with Crippen LogP contribution in [0.5, 0.6) is 5.75 Å². The van der Waals surface area contributed by atoms with E-state index in [4.69, 9.17) is 10.00 Å². The lowest BCUT2D eigenvalue weighted by atomic mass is 10.0. The zero-order valence-electron chi connectivity index (χ0n) is 17.9. The number of amides is 1. The molecule has 33 heavy (non-hydrogen) atoms. The van der Waals surface area contributed by atoms with Crippen molar-refractivity contribution in [1.82, 2.24) is 15.3 Å². The number of carbonyl (C=O) groups is 1. The van der Waals surface area contributed by atoms with Gasteiger partial charge in [-0.2, -0.15) is 5.26 Å². The number of carbonyl (C=O) groups excluding carboxylic acids is 1. The summed E-state index contributed by atoms with van der Waals surface area (Å²) in [6, 6.07) is 25.0. The summed E-state index contributed by atoms with van der Waals surface area (Å²) in [5, 5.41) is 12.6. The third-order valence-corrected chi connectivity index (χ3v) is 4.99. The minimum atomic E-state index is -0.240. The van der Waals surface area contributed by atoms with E-state index >= 15 is 0 Å². The van der Waals surface area contributed by atoms with Crippen LogP contribution in [0.3, 0.4) is 0 Å². The molecule has 0 saturated heterocycles. The van der Waals surface area contributed by atoms with E-state index in [-0.39, 0.29) is 12.3 Å². The van der Waals surface area contributed by atoms with Gasteiger partial charge in [0, 0.05) is 29.9 Å². The van der Waals surface area contributed by atoms with Gasteiger partial charge < -0.3 is 10.1 Å². The molecule has 0 spiro atoms. The molecule has 0 unspecified atom stereocenters. The van der Waals surface area contributed by atoms with Crippen molar-refractivity contribution >= 4 is 28.5 Å². The molecule has 1 amide bonds. The molecule has 4 rings (SSSR count). The highest BCUT2D eigenvalue weighted by Crippen LogP contribution is 2.22. The van der Waals surface area contributed by atoms with Gasteiger partial charge in [0.1, 0.15) is 12.4 Å². The average Bonchev–Trinajstić information content (AvgIpc) is 2.87. The maximum absolute atomic E-state index is 12.8. The Morgan fingerprint density at radius 3 is 2.58 bits per heavy atom. The van der Waals surface area contributed by atoms with Crippen molar-refractivity contribution in [2.75, 3.05) is 6.54 Å². The van der Waals surface area contributed by atoms with E-state index in [1.165, 1.54) is 0 Å².